The molecule has 4 nitrogen and oxygen atoms in total. The van der Waals surface area contributed by atoms with Crippen LogP contribution in [0.3, 0.4) is 0 Å². The van der Waals surface area contributed by atoms with E-state index in [1.807, 2.05) is 41.7 Å². The summed E-state index contributed by atoms with van der Waals surface area (Å²) >= 11 is 3.70. The van der Waals surface area contributed by atoms with Crippen molar-refractivity contribution in [3.63, 3.8) is 0 Å². The van der Waals surface area contributed by atoms with Crippen LogP contribution in [0.2, 0.25) is 0 Å². The van der Waals surface area contributed by atoms with Crippen LogP contribution < -0.4 is 5.32 Å². The highest BCUT2D eigenvalue weighted by molar-refractivity contribution is 8.20. The van der Waals surface area contributed by atoms with E-state index in [2.05, 4.69) is 5.32 Å². The van der Waals surface area contributed by atoms with Crippen molar-refractivity contribution < 1.29 is 14.7 Å². The molecule has 1 heterocycles. The average Bonchev–Trinajstić information content (AvgIpc) is 3.06. The lowest BCUT2D eigenvalue weighted by Gasteiger charge is -2.14. The van der Waals surface area contributed by atoms with Crippen LogP contribution in [-0.4, -0.2) is 39.6 Å². The summed E-state index contributed by atoms with van der Waals surface area (Å²) in [6.45, 7) is 0.620. The van der Waals surface area contributed by atoms with Gasteiger partial charge in [0.05, 0.1) is 10.5 Å². The summed E-state index contributed by atoms with van der Waals surface area (Å²) < 4.78 is 0.406. The van der Waals surface area contributed by atoms with Gasteiger partial charge in [-0.05, 0) is 12.0 Å². The molecule has 6 heteroatoms. The van der Waals surface area contributed by atoms with E-state index >= 15 is 0 Å². The molecule has 0 unspecified atom stereocenters. The Morgan fingerprint density at radius 1 is 1.24 bits per heavy atom. The van der Waals surface area contributed by atoms with Crippen molar-refractivity contribution in [2.24, 2.45) is 5.92 Å². The number of aliphatic carboxylic acids is 1. The van der Waals surface area contributed by atoms with E-state index in [1.165, 1.54) is 0 Å². The van der Waals surface area contributed by atoms with E-state index in [0.717, 1.165) is 17.1 Å². The summed E-state index contributed by atoms with van der Waals surface area (Å²) in [5.41, 5.74) is -0.302. The fourth-order valence-corrected chi connectivity index (χ4v) is 5.49. The number of carboxylic acids is 1. The Balaban J connectivity index is 1.66. The van der Waals surface area contributed by atoms with E-state index in [0.29, 0.717) is 17.5 Å². The SMILES string of the molecule is O=C(NCC1SCCS1)[C@H]1C[C@]1(C(=O)O)c1ccccc1. The van der Waals surface area contributed by atoms with E-state index in [1.54, 1.807) is 12.1 Å². The van der Waals surface area contributed by atoms with Crippen molar-refractivity contribution in [1.29, 1.82) is 0 Å². The molecule has 1 aliphatic heterocycles. The van der Waals surface area contributed by atoms with Gasteiger partial charge in [0.1, 0.15) is 5.41 Å². The predicted molar refractivity (Wildman–Crippen MR) is 85.6 cm³/mol. The number of thioether (sulfide) groups is 2. The van der Waals surface area contributed by atoms with E-state index in [4.69, 9.17) is 0 Å². The third-order valence-electron chi connectivity index (χ3n) is 4.08. The normalized spacial score (nSPS) is 28.3. The van der Waals surface area contributed by atoms with Gasteiger partial charge < -0.3 is 10.4 Å². The van der Waals surface area contributed by atoms with Crippen LogP contribution in [0, 0.1) is 5.92 Å². The van der Waals surface area contributed by atoms with Gasteiger partial charge in [-0.2, -0.15) is 0 Å². The first-order chi connectivity index (χ1) is 10.1. The zero-order valence-corrected chi connectivity index (χ0v) is 13.1. The zero-order valence-electron chi connectivity index (χ0n) is 11.5. The highest BCUT2D eigenvalue weighted by atomic mass is 32.2. The smallest absolute Gasteiger partial charge is 0.314 e. The van der Waals surface area contributed by atoms with E-state index in [9.17, 15) is 14.7 Å². The van der Waals surface area contributed by atoms with Crippen LogP contribution in [0.4, 0.5) is 0 Å². The Bertz CT molecular complexity index is 545. The number of amides is 1. The lowest BCUT2D eigenvalue weighted by molar-refractivity contribution is -0.141. The Hall–Kier alpha value is -1.14. The maximum Gasteiger partial charge on any atom is 0.314 e. The molecule has 3 rings (SSSR count). The van der Waals surface area contributed by atoms with E-state index < -0.39 is 17.3 Å². The second-order valence-corrected chi connectivity index (χ2v) is 8.24. The van der Waals surface area contributed by atoms with Gasteiger partial charge in [0.2, 0.25) is 5.91 Å². The number of hydrogen-bond donors (Lipinski definition) is 2. The molecule has 21 heavy (non-hydrogen) atoms. The number of carbonyl (C=O) groups is 2. The van der Waals surface area contributed by atoms with Gasteiger partial charge in [-0.3, -0.25) is 9.59 Å². The van der Waals surface area contributed by atoms with Gasteiger partial charge in [0, 0.05) is 18.1 Å². The molecule has 1 aromatic carbocycles. The van der Waals surface area contributed by atoms with Gasteiger partial charge in [0.15, 0.2) is 0 Å². The van der Waals surface area contributed by atoms with Crippen molar-refractivity contribution in [2.75, 3.05) is 18.1 Å². The minimum atomic E-state index is -1.03. The molecule has 112 valence electrons. The summed E-state index contributed by atoms with van der Waals surface area (Å²) in [4.78, 5) is 23.9. The Labute approximate surface area is 132 Å². The van der Waals surface area contributed by atoms with Crippen LogP contribution in [0.25, 0.3) is 0 Å². The number of nitrogens with one attached hydrogen (secondary N) is 1. The number of rotatable bonds is 5. The number of benzene rings is 1. The number of carbonyl (C=O) groups excluding carboxylic acids is 1. The van der Waals surface area contributed by atoms with Crippen LogP contribution >= 0.6 is 23.5 Å². The van der Waals surface area contributed by atoms with Crippen LogP contribution in [0.1, 0.15) is 12.0 Å². The number of carboxylic acid groups (broad SMARTS) is 1. The minimum absolute atomic E-state index is 0.130. The van der Waals surface area contributed by atoms with Crippen molar-refractivity contribution >= 4 is 35.4 Å². The maximum atomic E-state index is 12.3. The molecule has 2 fully saturated rings. The third kappa shape index (κ3) is 2.79. The molecule has 1 saturated heterocycles. The van der Waals surface area contributed by atoms with Gasteiger partial charge in [-0.15, -0.1) is 23.5 Å². The molecule has 0 aromatic heterocycles. The summed E-state index contributed by atoms with van der Waals surface area (Å²) in [6.07, 6.45) is 0.392. The maximum absolute atomic E-state index is 12.3. The molecule has 2 aliphatic rings. The summed E-state index contributed by atoms with van der Waals surface area (Å²) in [6, 6.07) is 9.08. The summed E-state index contributed by atoms with van der Waals surface area (Å²) in [5.74, 6) is 0.761. The Kier molecular flexibility index (Phi) is 4.17. The van der Waals surface area contributed by atoms with Crippen molar-refractivity contribution in [3.8, 4) is 0 Å². The van der Waals surface area contributed by atoms with Crippen LogP contribution in [0.5, 0.6) is 0 Å². The molecule has 0 bridgehead atoms. The highest BCUT2D eigenvalue weighted by Crippen LogP contribution is 2.54. The molecule has 1 aliphatic carbocycles. The molecule has 1 aromatic rings. The fourth-order valence-electron chi connectivity index (χ4n) is 2.83. The second-order valence-electron chi connectivity index (χ2n) is 5.32. The van der Waals surface area contributed by atoms with Gasteiger partial charge in [-0.1, -0.05) is 30.3 Å². The molecule has 1 saturated carbocycles. The average molecular weight is 323 g/mol. The standard InChI is InChI=1S/C15H17NO3S2/c17-13(16-9-12-20-6-7-21-12)11-8-15(11,14(18)19)10-4-2-1-3-5-10/h1-5,11-12H,6-9H2,(H,16,17)(H,18,19)/t11-,15+/m1/s1. The first kappa shape index (κ1) is 14.8. The molecule has 0 spiro atoms. The van der Waals surface area contributed by atoms with Crippen molar-refractivity contribution in [2.45, 2.75) is 16.4 Å². The van der Waals surface area contributed by atoms with Gasteiger partial charge in [0.25, 0.3) is 0 Å². The van der Waals surface area contributed by atoms with Gasteiger partial charge in [-0.25, -0.2) is 0 Å². The molecule has 2 atom stereocenters. The first-order valence-corrected chi connectivity index (χ1v) is 9.04. The van der Waals surface area contributed by atoms with Crippen LogP contribution in [-0.2, 0) is 15.0 Å². The first-order valence-electron chi connectivity index (χ1n) is 6.94. The minimum Gasteiger partial charge on any atom is -0.481 e. The quantitative estimate of drug-likeness (QED) is 0.867. The Morgan fingerprint density at radius 3 is 2.52 bits per heavy atom. The fraction of sp³-hybridized carbons (Fsp3) is 0.467. The van der Waals surface area contributed by atoms with E-state index in [-0.39, 0.29) is 5.91 Å². The van der Waals surface area contributed by atoms with Crippen molar-refractivity contribution in [1.82, 2.24) is 5.32 Å². The lowest BCUT2D eigenvalue weighted by Crippen LogP contribution is -2.34. The molecule has 1 amide bonds. The Morgan fingerprint density at radius 2 is 1.90 bits per heavy atom. The van der Waals surface area contributed by atoms with Crippen molar-refractivity contribution in [3.05, 3.63) is 35.9 Å². The van der Waals surface area contributed by atoms with Crippen LogP contribution in [0.15, 0.2) is 30.3 Å². The van der Waals surface area contributed by atoms with Gasteiger partial charge >= 0.3 is 5.97 Å². The summed E-state index contributed by atoms with van der Waals surface area (Å²) in [7, 11) is 0. The predicted octanol–water partition coefficient (Wildman–Crippen LogP) is 1.95. The largest absolute Gasteiger partial charge is 0.481 e. The summed E-state index contributed by atoms with van der Waals surface area (Å²) in [5, 5.41) is 12.5. The number of hydrogen-bond acceptors (Lipinski definition) is 4. The topological polar surface area (TPSA) is 66.4 Å². The highest BCUT2D eigenvalue weighted by Gasteiger charge is 2.65. The second kappa shape index (κ2) is 5.93. The molecule has 2 N–H and O–H groups in total. The molecular weight excluding hydrogens is 306 g/mol. The third-order valence-corrected chi connectivity index (χ3v) is 7.11. The molecular formula is C15H17NO3S2. The lowest BCUT2D eigenvalue weighted by atomic mass is 9.93. The zero-order chi connectivity index (χ0) is 14.9. The monoisotopic (exact) mass is 323 g/mol. The molecule has 0 radical (unpaired) electrons.